The number of pyridine rings is 1. The number of primary amides is 1. The van der Waals surface area contributed by atoms with Crippen LogP contribution in [0.4, 0.5) is 15.2 Å². The molecule has 0 aliphatic carbocycles. The molecule has 3 amide bonds. The quantitative estimate of drug-likeness (QED) is 0.627. The highest BCUT2D eigenvalue weighted by molar-refractivity contribution is 7.14. The maximum absolute atomic E-state index is 12.9. The van der Waals surface area contributed by atoms with E-state index in [0.29, 0.717) is 5.00 Å². The lowest BCUT2D eigenvalue weighted by Gasteiger charge is -2.08. The van der Waals surface area contributed by atoms with Gasteiger partial charge < -0.3 is 16.4 Å². The average molecular weight is 384 g/mol. The van der Waals surface area contributed by atoms with Gasteiger partial charge in [0.15, 0.2) is 0 Å². The molecule has 0 saturated carbocycles. The number of rotatable bonds is 5. The first-order valence-corrected chi connectivity index (χ1v) is 8.53. The van der Waals surface area contributed by atoms with Crippen molar-refractivity contribution in [2.45, 2.75) is 0 Å². The van der Waals surface area contributed by atoms with Crippen LogP contribution in [-0.4, -0.2) is 22.7 Å². The minimum Gasteiger partial charge on any atom is -0.366 e. The first kappa shape index (κ1) is 18.2. The van der Waals surface area contributed by atoms with Gasteiger partial charge in [-0.3, -0.25) is 14.4 Å². The van der Waals surface area contributed by atoms with Gasteiger partial charge in [-0.25, -0.2) is 9.37 Å². The number of nitrogens with two attached hydrogens (primary N) is 1. The van der Waals surface area contributed by atoms with E-state index in [1.165, 1.54) is 60.0 Å². The van der Waals surface area contributed by atoms with E-state index < -0.39 is 23.5 Å². The molecule has 0 atom stereocenters. The van der Waals surface area contributed by atoms with E-state index in [2.05, 4.69) is 15.6 Å². The zero-order chi connectivity index (χ0) is 19.4. The molecule has 0 aliphatic rings. The van der Waals surface area contributed by atoms with Crippen molar-refractivity contribution in [1.82, 2.24) is 4.98 Å². The summed E-state index contributed by atoms with van der Waals surface area (Å²) in [6, 6.07) is 9.37. The highest BCUT2D eigenvalue weighted by Crippen LogP contribution is 2.23. The summed E-state index contributed by atoms with van der Waals surface area (Å²) in [5.74, 6) is -1.92. The molecule has 7 nitrogen and oxygen atoms in total. The van der Waals surface area contributed by atoms with E-state index in [4.69, 9.17) is 5.73 Å². The third-order valence-corrected chi connectivity index (χ3v) is 4.36. The number of carbonyl (C=O) groups is 3. The minimum absolute atomic E-state index is 0.151. The Balaban J connectivity index is 1.74. The zero-order valence-electron chi connectivity index (χ0n) is 13.7. The molecular weight excluding hydrogens is 371 g/mol. The standard InChI is InChI=1S/C18H13FN4O3S/c19-12-3-1-10(2-4-12)16(25)22-14-9-11(5-7-21-14)17(26)23-18-13(15(20)24)6-8-27-18/h1-9H,(H2,20,24)(H,23,26)(H,21,22,25). The highest BCUT2D eigenvalue weighted by atomic mass is 32.1. The molecule has 9 heteroatoms. The van der Waals surface area contributed by atoms with Crippen LogP contribution in [0.1, 0.15) is 31.1 Å². The Morgan fingerprint density at radius 2 is 1.67 bits per heavy atom. The summed E-state index contributed by atoms with van der Waals surface area (Å²) in [6.07, 6.45) is 1.36. The van der Waals surface area contributed by atoms with Gasteiger partial charge in [-0.05, 0) is 47.8 Å². The first-order chi connectivity index (χ1) is 12.9. The fourth-order valence-corrected chi connectivity index (χ4v) is 2.99. The van der Waals surface area contributed by atoms with Crippen LogP contribution in [-0.2, 0) is 0 Å². The second-order valence-electron chi connectivity index (χ2n) is 5.37. The molecule has 0 radical (unpaired) electrons. The van der Waals surface area contributed by atoms with Crippen LogP contribution in [0.2, 0.25) is 0 Å². The summed E-state index contributed by atoms with van der Waals surface area (Å²) in [4.78, 5) is 39.9. The third-order valence-electron chi connectivity index (χ3n) is 3.53. The Morgan fingerprint density at radius 3 is 2.37 bits per heavy atom. The van der Waals surface area contributed by atoms with E-state index >= 15 is 0 Å². The molecular formula is C18H13FN4O3S. The molecule has 2 heterocycles. The molecule has 2 aromatic heterocycles. The number of aromatic nitrogens is 1. The number of nitrogens with zero attached hydrogens (tertiary/aromatic N) is 1. The largest absolute Gasteiger partial charge is 0.366 e. The minimum atomic E-state index is -0.645. The number of hydrogen-bond acceptors (Lipinski definition) is 5. The lowest BCUT2D eigenvalue weighted by atomic mass is 10.2. The van der Waals surface area contributed by atoms with Crippen LogP contribution in [0.15, 0.2) is 54.0 Å². The molecule has 0 saturated heterocycles. The van der Waals surface area contributed by atoms with Gasteiger partial charge in [-0.1, -0.05) is 0 Å². The fraction of sp³-hybridized carbons (Fsp3) is 0. The Hall–Kier alpha value is -3.59. The smallest absolute Gasteiger partial charge is 0.256 e. The highest BCUT2D eigenvalue weighted by Gasteiger charge is 2.15. The second kappa shape index (κ2) is 7.75. The topological polar surface area (TPSA) is 114 Å². The number of halogens is 1. The van der Waals surface area contributed by atoms with Gasteiger partial charge in [-0.2, -0.15) is 0 Å². The van der Waals surface area contributed by atoms with Gasteiger partial charge in [0.1, 0.15) is 16.6 Å². The fourth-order valence-electron chi connectivity index (χ4n) is 2.21. The number of benzene rings is 1. The monoisotopic (exact) mass is 384 g/mol. The lowest BCUT2D eigenvalue weighted by molar-refractivity contribution is 0.0998. The number of carbonyl (C=O) groups excluding carboxylic acids is 3. The van der Waals surface area contributed by atoms with E-state index in [-0.39, 0.29) is 22.5 Å². The summed E-state index contributed by atoms with van der Waals surface area (Å²) >= 11 is 1.17. The normalized spacial score (nSPS) is 10.3. The summed E-state index contributed by atoms with van der Waals surface area (Å²) < 4.78 is 12.9. The maximum Gasteiger partial charge on any atom is 0.256 e. The van der Waals surface area contributed by atoms with Crippen molar-refractivity contribution in [3.05, 3.63) is 76.5 Å². The second-order valence-corrected chi connectivity index (χ2v) is 6.29. The summed E-state index contributed by atoms with van der Waals surface area (Å²) in [5.41, 5.74) is 5.94. The molecule has 0 bridgehead atoms. The Bertz CT molecular complexity index is 1020. The number of hydrogen-bond donors (Lipinski definition) is 3. The predicted octanol–water partition coefficient (Wildman–Crippen LogP) is 2.89. The van der Waals surface area contributed by atoms with Crippen LogP contribution >= 0.6 is 11.3 Å². The number of nitrogens with one attached hydrogen (secondary N) is 2. The SMILES string of the molecule is NC(=O)c1ccsc1NC(=O)c1ccnc(NC(=O)c2ccc(F)cc2)c1. The predicted molar refractivity (Wildman–Crippen MR) is 99.4 cm³/mol. The van der Waals surface area contributed by atoms with Crippen LogP contribution < -0.4 is 16.4 Å². The van der Waals surface area contributed by atoms with Gasteiger partial charge in [0, 0.05) is 17.3 Å². The molecule has 136 valence electrons. The van der Waals surface area contributed by atoms with Gasteiger partial charge in [0.05, 0.1) is 5.56 Å². The van der Waals surface area contributed by atoms with Crippen LogP contribution in [0.25, 0.3) is 0 Å². The first-order valence-electron chi connectivity index (χ1n) is 7.65. The summed E-state index contributed by atoms with van der Waals surface area (Å²) in [6.45, 7) is 0. The Kier molecular flexibility index (Phi) is 5.23. The number of anilines is 2. The Morgan fingerprint density at radius 1 is 0.963 bits per heavy atom. The summed E-state index contributed by atoms with van der Waals surface area (Å²) in [7, 11) is 0. The van der Waals surface area contributed by atoms with Gasteiger partial charge in [-0.15, -0.1) is 11.3 Å². The Labute approximate surface area is 157 Å². The summed E-state index contributed by atoms with van der Waals surface area (Å²) in [5, 5.41) is 7.11. The zero-order valence-corrected chi connectivity index (χ0v) is 14.5. The van der Waals surface area contributed by atoms with Crippen LogP contribution in [0.5, 0.6) is 0 Å². The molecule has 27 heavy (non-hydrogen) atoms. The maximum atomic E-state index is 12.9. The van der Waals surface area contributed by atoms with Crippen molar-refractivity contribution in [3.8, 4) is 0 Å². The molecule has 3 aromatic rings. The molecule has 0 unspecified atom stereocenters. The van der Waals surface area contributed by atoms with Crippen LogP contribution in [0.3, 0.4) is 0 Å². The van der Waals surface area contributed by atoms with Gasteiger partial charge >= 0.3 is 0 Å². The van der Waals surface area contributed by atoms with Crippen LogP contribution in [0, 0.1) is 5.82 Å². The molecule has 3 rings (SSSR count). The van der Waals surface area contributed by atoms with Crippen molar-refractivity contribution in [2.24, 2.45) is 5.73 Å². The lowest BCUT2D eigenvalue weighted by Crippen LogP contribution is -2.17. The van der Waals surface area contributed by atoms with Crippen molar-refractivity contribution < 1.29 is 18.8 Å². The molecule has 0 aliphatic heterocycles. The number of amides is 3. The van der Waals surface area contributed by atoms with E-state index in [9.17, 15) is 18.8 Å². The third kappa shape index (κ3) is 4.33. The molecule has 1 aromatic carbocycles. The van der Waals surface area contributed by atoms with E-state index in [1.807, 2.05) is 0 Å². The average Bonchev–Trinajstić information content (AvgIpc) is 3.11. The molecule has 4 N–H and O–H groups in total. The van der Waals surface area contributed by atoms with E-state index in [0.717, 1.165) is 0 Å². The number of thiophene rings is 1. The van der Waals surface area contributed by atoms with Crippen molar-refractivity contribution in [2.75, 3.05) is 10.6 Å². The van der Waals surface area contributed by atoms with E-state index in [1.54, 1.807) is 5.38 Å². The molecule has 0 spiro atoms. The van der Waals surface area contributed by atoms with Crippen molar-refractivity contribution >= 4 is 39.9 Å². The van der Waals surface area contributed by atoms with Gasteiger partial charge in [0.25, 0.3) is 17.7 Å². The van der Waals surface area contributed by atoms with Crippen molar-refractivity contribution in [3.63, 3.8) is 0 Å². The molecule has 0 fully saturated rings. The van der Waals surface area contributed by atoms with Crippen molar-refractivity contribution in [1.29, 1.82) is 0 Å². The van der Waals surface area contributed by atoms with Gasteiger partial charge in [0.2, 0.25) is 0 Å².